The second-order valence-electron chi connectivity index (χ2n) is 4.41. The molecule has 0 aromatic heterocycles. The maximum atomic E-state index is 13.2. The predicted octanol–water partition coefficient (Wildman–Crippen LogP) is 4.39. The quantitative estimate of drug-likeness (QED) is 0.783. The third-order valence-corrected chi connectivity index (χ3v) is 3.77. The van der Waals surface area contributed by atoms with Crippen LogP contribution in [0.3, 0.4) is 0 Å². The summed E-state index contributed by atoms with van der Waals surface area (Å²) in [4.78, 5) is 12.4. The van der Waals surface area contributed by atoms with Crippen molar-refractivity contribution in [1.82, 2.24) is 0 Å². The predicted molar refractivity (Wildman–Crippen MR) is 78.0 cm³/mol. The van der Waals surface area contributed by atoms with E-state index in [0.717, 1.165) is 0 Å². The van der Waals surface area contributed by atoms with Gasteiger partial charge in [0, 0.05) is 10.0 Å². The van der Waals surface area contributed by atoms with Crippen LogP contribution >= 0.6 is 15.9 Å². The summed E-state index contributed by atoms with van der Waals surface area (Å²) < 4.78 is 14.0. The molecule has 0 radical (unpaired) electrons. The number of benzene rings is 2. The lowest BCUT2D eigenvalue weighted by atomic mass is 9.91. The topological polar surface area (TPSA) is 40.9 Å². The minimum atomic E-state index is -0.907. The zero-order valence-electron chi connectivity index (χ0n) is 10.7. The van der Waals surface area contributed by atoms with E-state index in [4.69, 9.17) is 0 Å². The molecule has 0 aliphatic rings. The number of rotatable bonds is 3. The maximum absolute atomic E-state index is 13.2. The number of ketones is 1. The van der Waals surface area contributed by atoms with Crippen molar-refractivity contribution in [2.24, 2.45) is 0 Å². The molecule has 1 unspecified atom stereocenters. The molecule has 0 aliphatic heterocycles. The van der Waals surface area contributed by atoms with Crippen LogP contribution in [-0.2, 0) is 0 Å². The molecule has 0 saturated carbocycles. The van der Waals surface area contributed by atoms with Crippen molar-refractivity contribution < 1.29 is 9.18 Å². The molecule has 0 spiro atoms. The summed E-state index contributed by atoms with van der Waals surface area (Å²) in [5.74, 6) is -1.60. The number of hydrogen-bond acceptors (Lipinski definition) is 2. The van der Waals surface area contributed by atoms with Crippen LogP contribution in [0.4, 0.5) is 4.39 Å². The van der Waals surface area contributed by atoms with E-state index in [1.807, 2.05) is 12.1 Å². The van der Waals surface area contributed by atoms with E-state index >= 15 is 0 Å². The molecule has 1 atom stereocenters. The first-order valence-corrected chi connectivity index (χ1v) is 6.78. The Morgan fingerprint density at radius 1 is 1.30 bits per heavy atom. The van der Waals surface area contributed by atoms with Crippen LogP contribution in [0.2, 0.25) is 0 Å². The van der Waals surface area contributed by atoms with E-state index in [2.05, 4.69) is 15.9 Å². The second-order valence-corrected chi connectivity index (χ2v) is 5.27. The molecule has 0 N–H and O–H groups in total. The second kappa shape index (κ2) is 5.98. The molecule has 2 nitrogen and oxygen atoms in total. The summed E-state index contributed by atoms with van der Waals surface area (Å²) >= 11 is 3.34. The molecular formula is C16H11BrFNO. The average molecular weight is 332 g/mol. The molecular weight excluding hydrogens is 321 g/mol. The summed E-state index contributed by atoms with van der Waals surface area (Å²) in [6.07, 6.45) is 0. The standard InChI is InChI=1S/C16H11BrFNO/c1-10-8-11(6-7-15(10)18)16(20)13(9-19)12-4-2-3-5-14(12)17/h2-8,13H,1H3. The van der Waals surface area contributed by atoms with E-state index in [-0.39, 0.29) is 11.6 Å². The van der Waals surface area contributed by atoms with Crippen LogP contribution in [-0.4, -0.2) is 5.78 Å². The fourth-order valence-electron chi connectivity index (χ4n) is 1.94. The van der Waals surface area contributed by atoms with E-state index in [1.165, 1.54) is 18.2 Å². The van der Waals surface area contributed by atoms with Gasteiger partial charge in [0.25, 0.3) is 0 Å². The van der Waals surface area contributed by atoms with Crippen LogP contribution in [0.15, 0.2) is 46.9 Å². The first kappa shape index (κ1) is 14.4. The minimum Gasteiger partial charge on any atom is -0.292 e. The van der Waals surface area contributed by atoms with Gasteiger partial charge in [0.1, 0.15) is 11.7 Å². The lowest BCUT2D eigenvalue weighted by molar-refractivity contribution is 0.0978. The Morgan fingerprint density at radius 3 is 2.60 bits per heavy atom. The van der Waals surface area contributed by atoms with Crippen molar-refractivity contribution in [3.63, 3.8) is 0 Å². The van der Waals surface area contributed by atoms with Crippen molar-refractivity contribution in [2.45, 2.75) is 12.8 Å². The molecule has 0 amide bonds. The fraction of sp³-hybridized carbons (Fsp3) is 0.125. The van der Waals surface area contributed by atoms with Crippen molar-refractivity contribution in [1.29, 1.82) is 5.26 Å². The Morgan fingerprint density at radius 2 is 2.00 bits per heavy atom. The van der Waals surface area contributed by atoms with Gasteiger partial charge >= 0.3 is 0 Å². The van der Waals surface area contributed by atoms with Gasteiger partial charge in [-0.15, -0.1) is 0 Å². The number of carbonyl (C=O) groups excluding carboxylic acids is 1. The number of hydrogen-bond donors (Lipinski definition) is 0. The summed E-state index contributed by atoms with van der Waals surface area (Å²) in [7, 11) is 0. The summed E-state index contributed by atoms with van der Waals surface area (Å²) in [6, 6.07) is 13.2. The van der Waals surface area contributed by atoms with Gasteiger partial charge in [-0.05, 0) is 42.3 Å². The van der Waals surface area contributed by atoms with E-state index in [0.29, 0.717) is 21.2 Å². The highest BCUT2D eigenvalue weighted by molar-refractivity contribution is 9.10. The average Bonchev–Trinajstić information content (AvgIpc) is 2.44. The number of nitriles is 1. The van der Waals surface area contributed by atoms with Gasteiger partial charge in [-0.3, -0.25) is 4.79 Å². The highest BCUT2D eigenvalue weighted by Crippen LogP contribution is 2.27. The third-order valence-electron chi connectivity index (χ3n) is 3.05. The molecule has 4 heteroatoms. The van der Waals surface area contributed by atoms with Crippen LogP contribution < -0.4 is 0 Å². The Kier molecular flexibility index (Phi) is 4.31. The number of Topliss-reactive ketones (excluding diaryl/α,β-unsaturated/α-hetero) is 1. The summed E-state index contributed by atoms with van der Waals surface area (Å²) in [5, 5.41) is 9.29. The van der Waals surface area contributed by atoms with Crippen LogP contribution in [0.25, 0.3) is 0 Å². The largest absolute Gasteiger partial charge is 0.292 e. The molecule has 0 saturated heterocycles. The van der Waals surface area contributed by atoms with Gasteiger partial charge in [0.05, 0.1) is 6.07 Å². The Bertz CT molecular complexity index is 706. The number of carbonyl (C=O) groups is 1. The van der Waals surface area contributed by atoms with Crippen LogP contribution in [0.1, 0.15) is 27.4 Å². The summed E-state index contributed by atoms with van der Waals surface area (Å²) in [5.41, 5.74) is 1.34. The third kappa shape index (κ3) is 2.78. The van der Waals surface area contributed by atoms with E-state index < -0.39 is 5.92 Å². The molecule has 2 aromatic carbocycles. The lowest BCUT2D eigenvalue weighted by Gasteiger charge is -2.11. The van der Waals surface area contributed by atoms with Gasteiger partial charge in [0.2, 0.25) is 0 Å². The van der Waals surface area contributed by atoms with Crippen molar-refractivity contribution in [3.8, 4) is 6.07 Å². The lowest BCUT2D eigenvalue weighted by Crippen LogP contribution is -2.12. The van der Waals surface area contributed by atoms with Crippen molar-refractivity contribution in [3.05, 3.63) is 69.4 Å². The zero-order valence-corrected chi connectivity index (χ0v) is 12.3. The molecule has 0 bridgehead atoms. The maximum Gasteiger partial charge on any atom is 0.184 e. The van der Waals surface area contributed by atoms with Gasteiger partial charge < -0.3 is 0 Å². The molecule has 0 heterocycles. The van der Waals surface area contributed by atoms with Gasteiger partial charge in [-0.2, -0.15) is 5.26 Å². The Balaban J connectivity index is 2.42. The van der Waals surface area contributed by atoms with E-state index in [1.54, 1.807) is 25.1 Å². The van der Waals surface area contributed by atoms with Gasteiger partial charge in [-0.25, -0.2) is 4.39 Å². The molecule has 0 aliphatic carbocycles. The highest BCUT2D eigenvalue weighted by atomic mass is 79.9. The minimum absolute atomic E-state index is 0.331. The Labute approximate surface area is 125 Å². The molecule has 2 aromatic rings. The Hall–Kier alpha value is -1.99. The monoisotopic (exact) mass is 331 g/mol. The molecule has 0 fully saturated rings. The van der Waals surface area contributed by atoms with Gasteiger partial charge in [-0.1, -0.05) is 34.1 Å². The fourth-order valence-corrected chi connectivity index (χ4v) is 2.46. The van der Waals surface area contributed by atoms with Crippen LogP contribution in [0.5, 0.6) is 0 Å². The van der Waals surface area contributed by atoms with Crippen molar-refractivity contribution in [2.75, 3.05) is 0 Å². The zero-order chi connectivity index (χ0) is 14.7. The first-order chi connectivity index (χ1) is 9.54. The SMILES string of the molecule is Cc1cc(C(=O)C(C#N)c2ccccc2Br)ccc1F. The smallest absolute Gasteiger partial charge is 0.184 e. The number of nitrogens with zero attached hydrogens (tertiary/aromatic N) is 1. The molecule has 100 valence electrons. The normalized spacial score (nSPS) is 11.7. The first-order valence-electron chi connectivity index (χ1n) is 5.99. The molecule has 20 heavy (non-hydrogen) atoms. The molecule has 2 rings (SSSR count). The highest BCUT2D eigenvalue weighted by Gasteiger charge is 2.23. The number of aryl methyl sites for hydroxylation is 1. The van der Waals surface area contributed by atoms with Crippen LogP contribution in [0, 0.1) is 24.1 Å². The van der Waals surface area contributed by atoms with Crippen molar-refractivity contribution >= 4 is 21.7 Å². The van der Waals surface area contributed by atoms with E-state index in [9.17, 15) is 14.4 Å². The summed E-state index contributed by atoms with van der Waals surface area (Å²) in [6.45, 7) is 1.59. The number of halogens is 2. The van der Waals surface area contributed by atoms with Gasteiger partial charge in [0.15, 0.2) is 5.78 Å².